The minimum atomic E-state index is -0.849. The van der Waals surface area contributed by atoms with Crippen molar-refractivity contribution in [1.29, 1.82) is 0 Å². The summed E-state index contributed by atoms with van der Waals surface area (Å²) < 4.78 is 5.12. The molecule has 1 fully saturated rings. The van der Waals surface area contributed by atoms with Gasteiger partial charge in [0.2, 0.25) is 5.91 Å². The zero-order chi connectivity index (χ0) is 20.3. The summed E-state index contributed by atoms with van der Waals surface area (Å²) in [5.74, 6) is -0.103. The summed E-state index contributed by atoms with van der Waals surface area (Å²) in [6, 6.07) is 14.2. The predicted molar refractivity (Wildman–Crippen MR) is 106 cm³/mol. The van der Waals surface area contributed by atoms with Crippen molar-refractivity contribution in [3.63, 3.8) is 0 Å². The maximum atomic E-state index is 13.0. The van der Waals surface area contributed by atoms with Crippen molar-refractivity contribution in [1.82, 2.24) is 4.90 Å². The fourth-order valence-electron chi connectivity index (χ4n) is 3.26. The Morgan fingerprint density at radius 2 is 1.71 bits per heavy atom. The van der Waals surface area contributed by atoms with Crippen LogP contribution in [0.15, 0.2) is 54.6 Å². The lowest BCUT2D eigenvalue weighted by Crippen LogP contribution is -2.42. The van der Waals surface area contributed by atoms with Crippen molar-refractivity contribution >= 4 is 29.2 Å². The van der Waals surface area contributed by atoms with Gasteiger partial charge in [-0.15, -0.1) is 0 Å². The number of amides is 4. The highest BCUT2D eigenvalue weighted by molar-refractivity contribution is 6.22. The third-order valence-corrected chi connectivity index (χ3v) is 4.58. The minimum Gasteiger partial charge on any atom is -0.497 e. The van der Waals surface area contributed by atoms with Crippen molar-refractivity contribution in [2.75, 3.05) is 17.3 Å². The van der Waals surface area contributed by atoms with Gasteiger partial charge in [0.15, 0.2) is 0 Å². The third-order valence-electron chi connectivity index (χ3n) is 4.58. The molecule has 28 heavy (non-hydrogen) atoms. The van der Waals surface area contributed by atoms with Crippen molar-refractivity contribution < 1.29 is 19.1 Å². The first-order chi connectivity index (χ1) is 13.4. The summed E-state index contributed by atoms with van der Waals surface area (Å²) in [4.78, 5) is 41.0. The molecule has 7 heteroatoms. The first kappa shape index (κ1) is 19.4. The molecule has 0 bridgehead atoms. The van der Waals surface area contributed by atoms with E-state index in [4.69, 9.17) is 4.74 Å². The first-order valence-corrected chi connectivity index (χ1v) is 9.07. The number of carbonyl (C=O) groups is 3. The van der Waals surface area contributed by atoms with E-state index < -0.39 is 18.0 Å². The van der Waals surface area contributed by atoms with Gasteiger partial charge in [0.1, 0.15) is 11.8 Å². The van der Waals surface area contributed by atoms with Gasteiger partial charge in [0.25, 0.3) is 5.91 Å². The van der Waals surface area contributed by atoms with Gasteiger partial charge in [-0.25, -0.2) is 9.69 Å². The van der Waals surface area contributed by atoms with Gasteiger partial charge in [-0.1, -0.05) is 18.2 Å². The average Bonchev–Trinajstić information content (AvgIpc) is 2.92. The molecule has 0 aliphatic carbocycles. The number of nitrogens with one attached hydrogen (secondary N) is 1. The molecule has 1 saturated heterocycles. The molecular weight excluding hydrogens is 358 g/mol. The van der Waals surface area contributed by atoms with Crippen molar-refractivity contribution in [3.8, 4) is 5.75 Å². The zero-order valence-electron chi connectivity index (χ0n) is 16.1. The lowest BCUT2D eigenvalue weighted by Gasteiger charge is -2.25. The number of hydrogen-bond donors (Lipinski definition) is 1. The van der Waals surface area contributed by atoms with Crippen molar-refractivity contribution in [2.24, 2.45) is 0 Å². The lowest BCUT2D eigenvalue weighted by atomic mass is 10.1. The summed E-state index contributed by atoms with van der Waals surface area (Å²) in [6.45, 7) is 3.65. The van der Waals surface area contributed by atoms with Gasteiger partial charge in [-0.3, -0.25) is 9.59 Å². The topological polar surface area (TPSA) is 79.0 Å². The molecule has 2 aromatic carbocycles. The summed E-state index contributed by atoms with van der Waals surface area (Å²) in [5.41, 5.74) is 1.10. The van der Waals surface area contributed by atoms with E-state index in [1.807, 2.05) is 32.0 Å². The number of benzene rings is 2. The number of rotatable bonds is 6. The average molecular weight is 381 g/mol. The monoisotopic (exact) mass is 381 g/mol. The smallest absolute Gasteiger partial charge is 0.332 e. The van der Waals surface area contributed by atoms with Crippen LogP contribution in [0, 0.1) is 0 Å². The maximum absolute atomic E-state index is 13.0. The standard InChI is InChI=1S/C21H23N3O4/c1-14(2)23-18(13-19(25)22-15-7-5-4-6-8-15)20(26)24(21(23)27)16-9-11-17(28-3)12-10-16/h4-12,14,18H,13H2,1-3H3,(H,22,25)/t18-/m0/s1. The van der Waals surface area contributed by atoms with Gasteiger partial charge < -0.3 is 15.0 Å². The Morgan fingerprint density at radius 3 is 2.29 bits per heavy atom. The molecular formula is C21H23N3O4. The molecule has 1 aliphatic heterocycles. The number of carbonyl (C=O) groups excluding carboxylic acids is 3. The summed E-state index contributed by atoms with van der Waals surface area (Å²) in [7, 11) is 1.54. The Kier molecular flexibility index (Phi) is 5.63. The molecule has 146 valence electrons. The molecule has 1 N–H and O–H groups in total. The van der Waals surface area contributed by atoms with E-state index in [1.54, 1.807) is 43.5 Å². The molecule has 1 heterocycles. The van der Waals surface area contributed by atoms with E-state index in [0.717, 1.165) is 4.90 Å². The molecule has 1 aliphatic rings. The molecule has 0 aromatic heterocycles. The Balaban J connectivity index is 1.81. The van der Waals surface area contributed by atoms with Gasteiger partial charge in [0, 0.05) is 11.7 Å². The van der Waals surface area contributed by atoms with Crippen LogP contribution in [0.3, 0.4) is 0 Å². The van der Waals surface area contributed by atoms with Crippen LogP contribution in [0.4, 0.5) is 16.2 Å². The predicted octanol–water partition coefficient (Wildman–Crippen LogP) is 3.27. The Labute approximate surface area is 163 Å². The highest BCUT2D eigenvalue weighted by Gasteiger charge is 2.47. The highest BCUT2D eigenvalue weighted by atomic mass is 16.5. The Morgan fingerprint density at radius 1 is 1.07 bits per heavy atom. The van der Waals surface area contributed by atoms with Crippen LogP contribution in [0.1, 0.15) is 20.3 Å². The quantitative estimate of drug-likeness (QED) is 0.779. The summed E-state index contributed by atoms with van der Waals surface area (Å²) in [5, 5.41) is 2.77. The van der Waals surface area contributed by atoms with Crippen LogP contribution in [-0.2, 0) is 9.59 Å². The van der Waals surface area contributed by atoms with Gasteiger partial charge in [-0.05, 0) is 50.2 Å². The fourth-order valence-corrected chi connectivity index (χ4v) is 3.26. The molecule has 3 rings (SSSR count). The zero-order valence-corrected chi connectivity index (χ0v) is 16.1. The Hall–Kier alpha value is -3.35. The molecule has 1 atom stereocenters. The maximum Gasteiger partial charge on any atom is 0.332 e. The third kappa shape index (κ3) is 3.83. The second-order valence-corrected chi connectivity index (χ2v) is 6.79. The van der Waals surface area contributed by atoms with Crippen LogP contribution >= 0.6 is 0 Å². The van der Waals surface area contributed by atoms with Crippen LogP contribution in [-0.4, -0.2) is 41.9 Å². The Bertz CT molecular complexity index is 865. The number of urea groups is 1. The van der Waals surface area contributed by atoms with Crippen LogP contribution in [0.2, 0.25) is 0 Å². The largest absolute Gasteiger partial charge is 0.497 e. The number of hydrogen-bond acceptors (Lipinski definition) is 4. The molecule has 2 aromatic rings. The van der Waals surface area contributed by atoms with E-state index in [0.29, 0.717) is 17.1 Å². The number of anilines is 2. The molecule has 0 radical (unpaired) electrons. The molecule has 7 nitrogen and oxygen atoms in total. The number of nitrogens with zero attached hydrogens (tertiary/aromatic N) is 2. The number of methoxy groups -OCH3 is 1. The summed E-state index contributed by atoms with van der Waals surface area (Å²) >= 11 is 0. The van der Waals surface area contributed by atoms with E-state index in [9.17, 15) is 14.4 Å². The van der Waals surface area contributed by atoms with Crippen molar-refractivity contribution in [2.45, 2.75) is 32.4 Å². The minimum absolute atomic E-state index is 0.107. The first-order valence-electron chi connectivity index (χ1n) is 9.07. The van der Waals surface area contributed by atoms with Gasteiger partial charge >= 0.3 is 6.03 Å². The van der Waals surface area contributed by atoms with Gasteiger partial charge in [0.05, 0.1) is 19.2 Å². The van der Waals surface area contributed by atoms with Crippen LogP contribution in [0.25, 0.3) is 0 Å². The molecule has 0 spiro atoms. The number of ether oxygens (including phenoxy) is 1. The van der Waals surface area contributed by atoms with Gasteiger partial charge in [-0.2, -0.15) is 0 Å². The normalized spacial score (nSPS) is 16.6. The van der Waals surface area contributed by atoms with Crippen molar-refractivity contribution in [3.05, 3.63) is 54.6 Å². The molecule has 0 unspecified atom stereocenters. The SMILES string of the molecule is COc1ccc(N2C(=O)[C@H](CC(=O)Nc3ccccc3)N(C(C)C)C2=O)cc1. The second kappa shape index (κ2) is 8.12. The highest BCUT2D eigenvalue weighted by Crippen LogP contribution is 2.29. The summed E-state index contributed by atoms with van der Waals surface area (Å²) in [6.07, 6.45) is -0.107. The van der Waals surface area contributed by atoms with Crippen LogP contribution in [0.5, 0.6) is 5.75 Å². The number of para-hydroxylation sites is 1. The lowest BCUT2D eigenvalue weighted by molar-refractivity contribution is -0.124. The molecule has 4 amide bonds. The molecule has 0 saturated carbocycles. The number of imide groups is 1. The van der Waals surface area contributed by atoms with E-state index >= 15 is 0 Å². The van der Waals surface area contributed by atoms with E-state index in [2.05, 4.69) is 5.32 Å². The second-order valence-electron chi connectivity index (χ2n) is 6.79. The van der Waals surface area contributed by atoms with E-state index in [1.165, 1.54) is 4.90 Å². The van der Waals surface area contributed by atoms with E-state index in [-0.39, 0.29) is 18.4 Å². The van der Waals surface area contributed by atoms with Crippen LogP contribution < -0.4 is 15.0 Å². The fraction of sp³-hybridized carbons (Fsp3) is 0.286.